The lowest BCUT2D eigenvalue weighted by molar-refractivity contribution is -0.170. The van der Waals surface area contributed by atoms with Crippen molar-refractivity contribution in [1.82, 2.24) is 5.06 Å². The minimum Gasteiger partial charge on any atom is -0.481 e. The highest BCUT2D eigenvalue weighted by molar-refractivity contribution is 6.42. The van der Waals surface area contributed by atoms with Crippen molar-refractivity contribution < 1.29 is 19.5 Å². The Bertz CT molecular complexity index is 996. The maximum absolute atomic E-state index is 12.1. The first-order valence-corrected chi connectivity index (χ1v) is 11.2. The molecular weight excluding hydrogens is 508 g/mol. The molecule has 1 N–H and O–H groups in total. The van der Waals surface area contributed by atoms with Crippen LogP contribution in [0, 0.1) is 0 Å². The number of hydroxylamine groups is 2. The van der Waals surface area contributed by atoms with Crippen LogP contribution >= 0.6 is 46.4 Å². The Morgan fingerprint density at radius 3 is 1.70 bits per heavy atom. The lowest BCUT2D eigenvalue weighted by atomic mass is 9.95. The molecular formula is C24H25Cl4NO4. The highest BCUT2D eigenvalue weighted by atomic mass is 35.5. The number of carboxylic acids is 1. The topological polar surface area (TPSA) is 66.8 Å². The zero-order valence-electron chi connectivity index (χ0n) is 18.2. The fourth-order valence-electron chi connectivity index (χ4n) is 2.86. The van der Waals surface area contributed by atoms with Crippen LogP contribution in [0.2, 0.25) is 20.1 Å². The molecule has 0 saturated heterocycles. The van der Waals surface area contributed by atoms with Crippen LogP contribution in [-0.4, -0.2) is 36.2 Å². The van der Waals surface area contributed by atoms with Gasteiger partial charge in [-0.3, -0.25) is 14.4 Å². The first-order valence-electron chi connectivity index (χ1n) is 9.73. The highest BCUT2D eigenvalue weighted by Crippen LogP contribution is 2.30. The molecule has 0 aromatic heterocycles. The van der Waals surface area contributed by atoms with Gasteiger partial charge in [0, 0.05) is 7.05 Å². The Balaban J connectivity index is 0.000000335. The number of benzene rings is 2. The van der Waals surface area contributed by atoms with Gasteiger partial charge in [0.2, 0.25) is 0 Å². The Morgan fingerprint density at radius 2 is 1.33 bits per heavy atom. The molecule has 0 aliphatic carbocycles. The standard InChI is InChI=1S/C13H15Cl2NO2.C11H10Cl2O2/c1-4-5-10(13(17)16(2)18-3)9-6-7-11(14)12(15)8-9;1-2-3-8(11(14)15)7-4-5-9(12)10(13)6-7/h4,6-8,10H,1,5H2,2-3H3;2,4-6,8H,1,3H2,(H,14,15)/t10-;8-/m11/s1. The van der Waals surface area contributed by atoms with Gasteiger partial charge in [0.25, 0.3) is 5.91 Å². The molecule has 2 aromatic rings. The summed E-state index contributed by atoms with van der Waals surface area (Å²) < 4.78 is 0. The molecule has 0 bridgehead atoms. The van der Waals surface area contributed by atoms with Crippen LogP contribution in [0.1, 0.15) is 35.8 Å². The number of carboxylic acid groups (broad SMARTS) is 1. The minimum atomic E-state index is -0.895. The van der Waals surface area contributed by atoms with E-state index in [0.29, 0.717) is 38.5 Å². The summed E-state index contributed by atoms with van der Waals surface area (Å²) >= 11 is 23.4. The molecule has 0 radical (unpaired) electrons. The maximum Gasteiger partial charge on any atom is 0.311 e. The smallest absolute Gasteiger partial charge is 0.311 e. The maximum atomic E-state index is 12.1. The molecule has 5 nitrogen and oxygen atoms in total. The minimum absolute atomic E-state index is 0.157. The number of rotatable bonds is 9. The van der Waals surface area contributed by atoms with Gasteiger partial charge in [0.1, 0.15) is 0 Å². The van der Waals surface area contributed by atoms with Crippen LogP contribution in [0.15, 0.2) is 61.7 Å². The van der Waals surface area contributed by atoms with E-state index in [1.165, 1.54) is 12.2 Å². The van der Waals surface area contributed by atoms with Gasteiger partial charge < -0.3 is 5.11 Å². The molecule has 0 unspecified atom stereocenters. The van der Waals surface area contributed by atoms with Crippen molar-refractivity contribution in [2.24, 2.45) is 0 Å². The average Bonchev–Trinajstić information content (AvgIpc) is 2.79. The number of carbonyl (C=O) groups is 2. The molecule has 9 heteroatoms. The first-order chi connectivity index (χ1) is 15.6. The number of carbonyl (C=O) groups excluding carboxylic acids is 1. The van der Waals surface area contributed by atoms with E-state index in [1.807, 2.05) is 0 Å². The summed E-state index contributed by atoms with van der Waals surface area (Å²) in [5.41, 5.74) is 1.43. The zero-order chi connectivity index (χ0) is 25.1. The van der Waals surface area contributed by atoms with E-state index in [9.17, 15) is 9.59 Å². The first kappa shape index (κ1) is 29.0. The van der Waals surface area contributed by atoms with Gasteiger partial charge >= 0.3 is 5.97 Å². The van der Waals surface area contributed by atoms with Crippen molar-refractivity contribution in [2.75, 3.05) is 14.2 Å². The van der Waals surface area contributed by atoms with Gasteiger partial charge in [-0.15, -0.1) is 13.2 Å². The van der Waals surface area contributed by atoms with Crippen molar-refractivity contribution in [1.29, 1.82) is 0 Å². The molecule has 0 saturated carbocycles. The van der Waals surface area contributed by atoms with E-state index >= 15 is 0 Å². The second kappa shape index (κ2) is 14.3. The predicted molar refractivity (Wildman–Crippen MR) is 135 cm³/mol. The van der Waals surface area contributed by atoms with Crippen LogP contribution in [0.25, 0.3) is 0 Å². The molecule has 0 heterocycles. The van der Waals surface area contributed by atoms with Crippen LogP contribution < -0.4 is 0 Å². The number of aliphatic carboxylic acids is 1. The summed E-state index contributed by atoms with van der Waals surface area (Å²) in [6.45, 7) is 7.19. The number of hydrogen-bond acceptors (Lipinski definition) is 3. The largest absolute Gasteiger partial charge is 0.481 e. The summed E-state index contributed by atoms with van der Waals surface area (Å²) in [5.74, 6) is -2.04. The molecule has 2 atom stereocenters. The molecule has 178 valence electrons. The van der Waals surface area contributed by atoms with Gasteiger partial charge in [0.05, 0.1) is 39.0 Å². The van der Waals surface area contributed by atoms with Crippen LogP contribution in [0.4, 0.5) is 0 Å². The number of likely N-dealkylation sites (N-methyl/N-ethyl adjacent to an activating group) is 1. The third kappa shape index (κ3) is 8.69. The van der Waals surface area contributed by atoms with Gasteiger partial charge in [-0.1, -0.05) is 70.7 Å². The predicted octanol–water partition coefficient (Wildman–Crippen LogP) is 7.41. The van der Waals surface area contributed by atoms with Crippen LogP contribution in [0.5, 0.6) is 0 Å². The third-order valence-corrected chi connectivity index (χ3v) is 6.16. The normalized spacial score (nSPS) is 12.1. The highest BCUT2D eigenvalue weighted by Gasteiger charge is 2.23. The van der Waals surface area contributed by atoms with Gasteiger partial charge in [-0.2, -0.15) is 0 Å². The summed E-state index contributed by atoms with van der Waals surface area (Å²) in [6.07, 6.45) is 4.13. The van der Waals surface area contributed by atoms with Crippen LogP contribution in [0.3, 0.4) is 0 Å². The lowest BCUT2D eigenvalue weighted by Crippen LogP contribution is -2.30. The number of hydrogen-bond donors (Lipinski definition) is 1. The molecule has 2 rings (SSSR count). The Labute approximate surface area is 214 Å². The lowest BCUT2D eigenvalue weighted by Gasteiger charge is -2.21. The molecule has 2 aromatic carbocycles. The number of amides is 1. The van der Waals surface area contributed by atoms with Gasteiger partial charge in [-0.05, 0) is 48.2 Å². The Kier molecular flexibility index (Phi) is 12.6. The van der Waals surface area contributed by atoms with E-state index in [-0.39, 0.29) is 11.8 Å². The summed E-state index contributed by atoms with van der Waals surface area (Å²) in [5, 5.41) is 11.9. The Morgan fingerprint density at radius 1 is 0.909 bits per heavy atom. The van der Waals surface area contributed by atoms with E-state index < -0.39 is 11.9 Å². The van der Waals surface area contributed by atoms with Crippen molar-refractivity contribution in [3.05, 3.63) is 92.9 Å². The second-order valence-electron chi connectivity index (χ2n) is 6.86. The SMILES string of the molecule is C=CC[C@@H](C(=O)N(C)OC)c1ccc(Cl)c(Cl)c1.C=CC[C@@H](C(=O)O)c1ccc(Cl)c(Cl)c1. The van der Waals surface area contributed by atoms with Crippen molar-refractivity contribution in [3.63, 3.8) is 0 Å². The fraction of sp³-hybridized carbons (Fsp3) is 0.250. The van der Waals surface area contributed by atoms with E-state index in [2.05, 4.69) is 13.2 Å². The molecule has 33 heavy (non-hydrogen) atoms. The number of nitrogens with zero attached hydrogens (tertiary/aromatic N) is 1. The fourth-order valence-corrected chi connectivity index (χ4v) is 3.47. The van der Waals surface area contributed by atoms with E-state index in [4.69, 9.17) is 56.3 Å². The quantitative estimate of drug-likeness (QED) is 0.269. The monoisotopic (exact) mass is 531 g/mol. The summed E-state index contributed by atoms with van der Waals surface area (Å²) in [7, 11) is 3.01. The molecule has 1 amide bonds. The zero-order valence-corrected chi connectivity index (χ0v) is 21.3. The van der Waals surface area contributed by atoms with E-state index in [1.54, 1.807) is 55.6 Å². The number of allylic oxidation sites excluding steroid dienone is 2. The molecule has 0 aliphatic heterocycles. The average molecular weight is 533 g/mol. The van der Waals surface area contributed by atoms with Crippen molar-refractivity contribution in [3.8, 4) is 0 Å². The van der Waals surface area contributed by atoms with Crippen molar-refractivity contribution >= 4 is 58.3 Å². The van der Waals surface area contributed by atoms with Gasteiger partial charge in [0.15, 0.2) is 0 Å². The molecule has 0 spiro atoms. The summed E-state index contributed by atoms with van der Waals surface area (Å²) in [6, 6.07) is 9.99. The molecule has 0 fully saturated rings. The third-order valence-electron chi connectivity index (χ3n) is 4.68. The summed E-state index contributed by atoms with van der Waals surface area (Å²) in [4.78, 5) is 28.0. The van der Waals surface area contributed by atoms with E-state index in [0.717, 1.165) is 5.56 Å². The van der Waals surface area contributed by atoms with Crippen LogP contribution in [-0.2, 0) is 14.4 Å². The second-order valence-corrected chi connectivity index (χ2v) is 8.49. The number of halogens is 4. The van der Waals surface area contributed by atoms with Gasteiger partial charge in [-0.25, -0.2) is 5.06 Å². The van der Waals surface area contributed by atoms with Crippen molar-refractivity contribution in [2.45, 2.75) is 24.7 Å². The molecule has 0 aliphatic rings. The Hall–Kier alpha value is -2.02.